The number of hydrogen-bond acceptors (Lipinski definition) is 2. The predicted molar refractivity (Wildman–Crippen MR) is 70.0 cm³/mol. The number of hydrogen-bond donors (Lipinski definition) is 2. The Kier molecular flexibility index (Phi) is 3.59. The summed E-state index contributed by atoms with van der Waals surface area (Å²) in [6.45, 7) is 4.42. The highest BCUT2D eigenvalue weighted by Gasteiger charge is 2.12. The molecule has 0 radical (unpaired) electrons. The van der Waals surface area contributed by atoms with E-state index in [2.05, 4.69) is 53.6 Å². The highest BCUT2D eigenvalue weighted by molar-refractivity contribution is 5.31. The van der Waals surface area contributed by atoms with Gasteiger partial charge in [-0.3, -0.25) is 5.10 Å². The van der Waals surface area contributed by atoms with E-state index in [0.717, 1.165) is 5.69 Å². The maximum absolute atomic E-state index is 4.00. The van der Waals surface area contributed by atoms with Crippen molar-refractivity contribution < 1.29 is 0 Å². The van der Waals surface area contributed by atoms with Gasteiger partial charge in [-0.2, -0.15) is 5.10 Å². The third-order valence-electron chi connectivity index (χ3n) is 3.06. The Labute approximate surface area is 102 Å². The van der Waals surface area contributed by atoms with E-state index in [-0.39, 0.29) is 6.04 Å². The van der Waals surface area contributed by atoms with Crippen LogP contribution < -0.4 is 5.32 Å². The van der Waals surface area contributed by atoms with Crippen LogP contribution >= 0.6 is 0 Å². The van der Waals surface area contributed by atoms with Gasteiger partial charge in [0.2, 0.25) is 0 Å². The van der Waals surface area contributed by atoms with Crippen LogP contribution in [-0.4, -0.2) is 17.2 Å². The van der Waals surface area contributed by atoms with Crippen LogP contribution in [0.2, 0.25) is 0 Å². The fourth-order valence-electron chi connectivity index (χ4n) is 2.00. The second-order valence-electron chi connectivity index (χ2n) is 4.56. The molecule has 0 aliphatic heterocycles. The molecule has 1 aromatic carbocycles. The number of nitrogens with one attached hydrogen (secondary N) is 2. The molecule has 90 valence electrons. The van der Waals surface area contributed by atoms with Gasteiger partial charge in [-0.25, -0.2) is 0 Å². The Morgan fingerprint density at radius 3 is 2.18 bits per heavy atom. The highest BCUT2D eigenvalue weighted by Crippen LogP contribution is 2.22. The molecule has 1 heterocycles. The Bertz CT molecular complexity index is 443. The van der Waals surface area contributed by atoms with Gasteiger partial charge in [-0.15, -0.1) is 0 Å². The molecule has 1 unspecified atom stereocenters. The van der Waals surface area contributed by atoms with E-state index in [1.165, 1.54) is 11.1 Å². The zero-order chi connectivity index (χ0) is 12.3. The minimum Gasteiger partial charge on any atom is -0.308 e. The summed E-state index contributed by atoms with van der Waals surface area (Å²) in [6, 6.07) is 10.9. The lowest BCUT2D eigenvalue weighted by atomic mass is 9.98. The number of H-pyrrole nitrogens is 1. The maximum atomic E-state index is 4.00. The standard InChI is InChI=1S/C14H19N3/c1-10(2)11-4-6-12(7-5-11)14(15-3)13-8-9-16-17-13/h4-10,14-15H,1-3H3,(H,16,17). The van der Waals surface area contributed by atoms with E-state index in [9.17, 15) is 0 Å². The van der Waals surface area contributed by atoms with Crippen LogP contribution in [0, 0.1) is 0 Å². The van der Waals surface area contributed by atoms with Crippen molar-refractivity contribution in [1.29, 1.82) is 0 Å². The zero-order valence-electron chi connectivity index (χ0n) is 10.6. The SMILES string of the molecule is CNC(c1ccc(C(C)C)cc1)c1ccn[nH]1. The van der Waals surface area contributed by atoms with Crippen LogP contribution in [-0.2, 0) is 0 Å². The molecule has 0 spiro atoms. The molecule has 0 aliphatic carbocycles. The first kappa shape index (κ1) is 11.9. The number of aromatic nitrogens is 2. The quantitative estimate of drug-likeness (QED) is 0.846. The van der Waals surface area contributed by atoms with Crippen molar-refractivity contribution in [2.24, 2.45) is 0 Å². The first-order valence-corrected chi connectivity index (χ1v) is 5.98. The van der Waals surface area contributed by atoms with Crippen molar-refractivity contribution in [3.63, 3.8) is 0 Å². The Hall–Kier alpha value is -1.61. The van der Waals surface area contributed by atoms with Crippen LogP contribution in [0.4, 0.5) is 0 Å². The van der Waals surface area contributed by atoms with E-state index < -0.39 is 0 Å². The van der Waals surface area contributed by atoms with Gasteiger partial charge in [0.05, 0.1) is 11.7 Å². The molecule has 1 aromatic heterocycles. The van der Waals surface area contributed by atoms with Crippen molar-refractivity contribution in [2.45, 2.75) is 25.8 Å². The normalized spacial score (nSPS) is 12.9. The summed E-state index contributed by atoms with van der Waals surface area (Å²) in [5.74, 6) is 0.573. The molecule has 2 N–H and O–H groups in total. The maximum Gasteiger partial charge on any atom is 0.0743 e. The first-order chi connectivity index (χ1) is 8.22. The molecule has 2 rings (SSSR count). The largest absolute Gasteiger partial charge is 0.308 e. The number of benzene rings is 1. The van der Waals surface area contributed by atoms with E-state index in [1.807, 2.05) is 13.1 Å². The molecule has 0 saturated carbocycles. The fraction of sp³-hybridized carbons (Fsp3) is 0.357. The summed E-state index contributed by atoms with van der Waals surface area (Å²) < 4.78 is 0. The molecule has 0 aliphatic rings. The lowest BCUT2D eigenvalue weighted by Crippen LogP contribution is -2.18. The van der Waals surface area contributed by atoms with E-state index in [1.54, 1.807) is 6.20 Å². The zero-order valence-corrected chi connectivity index (χ0v) is 10.6. The van der Waals surface area contributed by atoms with E-state index >= 15 is 0 Å². The number of aromatic amines is 1. The van der Waals surface area contributed by atoms with Crippen molar-refractivity contribution in [3.8, 4) is 0 Å². The minimum absolute atomic E-state index is 0.179. The Balaban J connectivity index is 2.26. The number of nitrogens with zero attached hydrogens (tertiary/aromatic N) is 1. The second kappa shape index (κ2) is 5.15. The van der Waals surface area contributed by atoms with Gasteiger partial charge in [0.25, 0.3) is 0 Å². The van der Waals surface area contributed by atoms with Gasteiger partial charge in [-0.05, 0) is 30.2 Å². The van der Waals surface area contributed by atoms with Crippen LogP contribution in [0.5, 0.6) is 0 Å². The van der Waals surface area contributed by atoms with Crippen molar-refractivity contribution >= 4 is 0 Å². The third kappa shape index (κ3) is 2.56. The molecule has 0 bridgehead atoms. The molecule has 3 nitrogen and oxygen atoms in total. The minimum atomic E-state index is 0.179. The van der Waals surface area contributed by atoms with Gasteiger partial charge < -0.3 is 5.32 Å². The van der Waals surface area contributed by atoms with Crippen LogP contribution in [0.1, 0.15) is 42.6 Å². The summed E-state index contributed by atoms with van der Waals surface area (Å²) in [5, 5.41) is 10.3. The van der Waals surface area contributed by atoms with E-state index in [0.29, 0.717) is 5.92 Å². The average molecular weight is 229 g/mol. The van der Waals surface area contributed by atoms with Gasteiger partial charge in [-0.1, -0.05) is 38.1 Å². The molecule has 1 atom stereocenters. The van der Waals surface area contributed by atoms with E-state index in [4.69, 9.17) is 0 Å². The van der Waals surface area contributed by atoms with Crippen LogP contribution in [0.3, 0.4) is 0 Å². The Morgan fingerprint density at radius 2 is 1.71 bits per heavy atom. The van der Waals surface area contributed by atoms with Gasteiger partial charge >= 0.3 is 0 Å². The topological polar surface area (TPSA) is 40.7 Å². The third-order valence-corrected chi connectivity index (χ3v) is 3.06. The van der Waals surface area contributed by atoms with Crippen molar-refractivity contribution in [3.05, 3.63) is 53.3 Å². The van der Waals surface area contributed by atoms with Gasteiger partial charge in [0.1, 0.15) is 0 Å². The summed E-state index contributed by atoms with van der Waals surface area (Å²) >= 11 is 0. The number of rotatable bonds is 4. The molecular weight excluding hydrogens is 210 g/mol. The smallest absolute Gasteiger partial charge is 0.0743 e. The van der Waals surface area contributed by atoms with Crippen molar-refractivity contribution in [2.75, 3.05) is 7.05 Å². The highest BCUT2D eigenvalue weighted by atomic mass is 15.1. The summed E-state index contributed by atoms with van der Waals surface area (Å²) in [4.78, 5) is 0. The molecule has 3 heteroatoms. The molecule has 2 aromatic rings. The van der Waals surface area contributed by atoms with Gasteiger partial charge in [0.15, 0.2) is 0 Å². The Morgan fingerprint density at radius 1 is 1.06 bits per heavy atom. The predicted octanol–water partition coefficient (Wildman–Crippen LogP) is 2.84. The molecule has 0 amide bonds. The first-order valence-electron chi connectivity index (χ1n) is 5.98. The average Bonchev–Trinajstić information content (AvgIpc) is 2.84. The van der Waals surface area contributed by atoms with Crippen LogP contribution in [0.25, 0.3) is 0 Å². The lowest BCUT2D eigenvalue weighted by Gasteiger charge is -2.16. The van der Waals surface area contributed by atoms with Crippen LogP contribution in [0.15, 0.2) is 36.5 Å². The van der Waals surface area contributed by atoms with Crippen molar-refractivity contribution in [1.82, 2.24) is 15.5 Å². The second-order valence-corrected chi connectivity index (χ2v) is 4.56. The molecule has 17 heavy (non-hydrogen) atoms. The molecule has 0 saturated heterocycles. The molecular formula is C14H19N3. The fourth-order valence-corrected chi connectivity index (χ4v) is 2.00. The lowest BCUT2D eigenvalue weighted by molar-refractivity contribution is 0.667. The summed E-state index contributed by atoms with van der Waals surface area (Å²) in [5.41, 5.74) is 3.71. The monoisotopic (exact) mass is 229 g/mol. The summed E-state index contributed by atoms with van der Waals surface area (Å²) in [6.07, 6.45) is 1.78. The van der Waals surface area contributed by atoms with Gasteiger partial charge in [0, 0.05) is 6.20 Å². The molecule has 0 fully saturated rings. The summed E-state index contributed by atoms with van der Waals surface area (Å²) in [7, 11) is 1.96.